The van der Waals surface area contributed by atoms with Crippen LogP contribution in [0.25, 0.3) is 0 Å². The summed E-state index contributed by atoms with van der Waals surface area (Å²) in [5.74, 6) is -1.29. The molecule has 0 aliphatic rings. The molecular formula is C9H8FNO3. The third-order valence-corrected chi connectivity index (χ3v) is 1.87. The van der Waals surface area contributed by atoms with E-state index in [9.17, 15) is 19.3 Å². The molecule has 74 valence electrons. The number of benzene rings is 1. The molecule has 0 radical (unpaired) electrons. The molecule has 1 aromatic rings. The van der Waals surface area contributed by atoms with E-state index in [1.807, 2.05) is 0 Å². The first-order chi connectivity index (χ1) is 6.43. The average Bonchev–Trinajstić information content (AvgIpc) is 2.07. The predicted octanol–water partition coefficient (Wildman–Crippen LogP) is 2.24. The lowest BCUT2D eigenvalue weighted by molar-refractivity contribution is -0.387. The van der Waals surface area contributed by atoms with E-state index in [1.54, 1.807) is 0 Å². The minimum atomic E-state index is -0.981. The van der Waals surface area contributed by atoms with Gasteiger partial charge in [0.15, 0.2) is 5.78 Å². The highest BCUT2D eigenvalue weighted by Crippen LogP contribution is 2.21. The van der Waals surface area contributed by atoms with Gasteiger partial charge in [0.25, 0.3) is 0 Å². The van der Waals surface area contributed by atoms with Gasteiger partial charge in [-0.15, -0.1) is 0 Å². The number of carbonyl (C=O) groups excluding carboxylic acids is 1. The SMILES string of the molecule is CC(=O)c1cc(F)c([N+](=O)[O-])cc1C. The number of nitro benzene ring substituents is 1. The topological polar surface area (TPSA) is 60.2 Å². The maximum Gasteiger partial charge on any atom is 0.305 e. The first-order valence-electron chi connectivity index (χ1n) is 3.89. The van der Waals surface area contributed by atoms with Crippen LogP contribution < -0.4 is 0 Å². The largest absolute Gasteiger partial charge is 0.305 e. The summed E-state index contributed by atoms with van der Waals surface area (Å²) >= 11 is 0. The van der Waals surface area contributed by atoms with E-state index in [1.165, 1.54) is 13.8 Å². The highest BCUT2D eigenvalue weighted by atomic mass is 19.1. The van der Waals surface area contributed by atoms with E-state index < -0.39 is 16.4 Å². The van der Waals surface area contributed by atoms with Gasteiger partial charge in [0.2, 0.25) is 5.82 Å². The first-order valence-corrected chi connectivity index (χ1v) is 3.89. The fourth-order valence-electron chi connectivity index (χ4n) is 1.19. The quantitative estimate of drug-likeness (QED) is 0.415. The van der Waals surface area contributed by atoms with E-state index in [4.69, 9.17) is 0 Å². The number of aryl methyl sites for hydroxylation is 1. The molecule has 0 atom stereocenters. The Morgan fingerprint density at radius 1 is 1.50 bits per heavy atom. The summed E-state index contributed by atoms with van der Waals surface area (Å²) in [4.78, 5) is 20.5. The second-order valence-corrected chi connectivity index (χ2v) is 2.93. The van der Waals surface area contributed by atoms with E-state index in [0.717, 1.165) is 12.1 Å². The Balaban J connectivity index is 3.38. The number of hydrogen-bond donors (Lipinski definition) is 0. The molecule has 1 rings (SSSR count). The van der Waals surface area contributed by atoms with Gasteiger partial charge >= 0.3 is 5.69 Å². The molecule has 0 bridgehead atoms. The Kier molecular flexibility index (Phi) is 2.60. The van der Waals surface area contributed by atoms with Crippen LogP contribution in [0.1, 0.15) is 22.8 Å². The van der Waals surface area contributed by atoms with Crippen LogP contribution in [0.15, 0.2) is 12.1 Å². The second-order valence-electron chi connectivity index (χ2n) is 2.93. The highest BCUT2D eigenvalue weighted by molar-refractivity contribution is 5.95. The zero-order valence-electron chi connectivity index (χ0n) is 7.70. The summed E-state index contributed by atoms with van der Waals surface area (Å²) in [6.07, 6.45) is 0. The van der Waals surface area contributed by atoms with Crippen LogP contribution in [0.2, 0.25) is 0 Å². The van der Waals surface area contributed by atoms with E-state index >= 15 is 0 Å². The van der Waals surface area contributed by atoms with Crippen molar-refractivity contribution in [2.75, 3.05) is 0 Å². The van der Waals surface area contributed by atoms with Crippen LogP contribution >= 0.6 is 0 Å². The summed E-state index contributed by atoms with van der Waals surface area (Å²) in [6.45, 7) is 2.82. The van der Waals surface area contributed by atoms with Gasteiger partial charge in [0.05, 0.1) is 4.92 Å². The van der Waals surface area contributed by atoms with Crippen LogP contribution in [0.5, 0.6) is 0 Å². The van der Waals surface area contributed by atoms with Crippen molar-refractivity contribution < 1.29 is 14.1 Å². The van der Waals surface area contributed by atoms with Crippen LogP contribution in [0.4, 0.5) is 10.1 Å². The lowest BCUT2D eigenvalue weighted by atomic mass is 10.0. The molecule has 0 aliphatic carbocycles. The Morgan fingerprint density at radius 3 is 2.50 bits per heavy atom. The summed E-state index contributed by atoms with van der Waals surface area (Å²) in [6, 6.07) is 1.96. The van der Waals surface area contributed by atoms with Gasteiger partial charge in [0.1, 0.15) is 0 Å². The van der Waals surface area contributed by atoms with Gasteiger partial charge < -0.3 is 0 Å². The van der Waals surface area contributed by atoms with Crippen molar-refractivity contribution in [1.82, 2.24) is 0 Å². The number of rotatable bonds is 2. The van der Waals surface area contributed by atoms with Crippen molar-refractivity contribution in [3.8, 4) is 0 Å². The molecule has 1 aromatic carbocycles. The van der Waals surface area contributed by atoms with Crippen LogP contribution in [0.3, 0.4) is 0 Å². The molecule has 4 nitrogen and oxygen atoms in total. The normalized spacial score (nSPS) is 9.93. The molecule has 0 aliphatic heterocycles. The van der Waals surface area contributed by atoms with Gasteiger partial charge in [-0.1, -0.05) is 0 Å². The summed E-state index contributed by atoms with van der Waals surface area (Å²) in [5.41, 5.74) is -0.0220. The van der Waals surface area contributed by atoms with Gasteiger partial charge in [-0.05, 0) is 25.5 Å². The number of halogens is 1. The van der Waals surface area contributed by atoms with Crippen molar-refractivity contribution in [3.63, 3.8) is 0 Å². The van der Waals surface area contributed by atoms with Crippen molar-refractivity contribution in [1.29, 1.82) is 0 Å². The van der Waals surface area contributed by atoms with Gasteiger partial charge in [0, 0.05) is 11.6 Å². The third-order valence-electron chi connectivity index (χ3n) is 1.87. The van der Waals surface area contributed by atoms with Crippen molar-refractivity contribution in [3.05, 3.63) is 39.2 Å². The number of Topliss-reactive ketones (excluding diaryl/α,β-unsaturated/α-hetero) is 1. The maximum atomic E-state index is 13.0. The Bertz CT molecular complexity index is 375. The predicted molar refractivity (Wildman–Crippen MR) is 47.8 cm³/mol. The van der Waals surface area contributed by atoms with Gasteiger partial charge in [-0.25, -0.2) is 0 Å². The lowest BCUT2D eigenvalue weighted by Crippen LogP contribution is -2.00. The van der Waals surface area contributed by atoms with Crippen molar-refractivity contribution in [2.45, 2.75) is 13.8 Å². The molecule has 0 amide bonds. The maximum absolute atomic E-state index is 13.0. The second kappa shape index (κ2) is 3.53. The highest BCUT2D eigenvalue weighted by Gasteiger charge is 2.17. The molecule has 0 fully saturated rings. The number of nitro groups is 1. The molecular weight excluding hydrogens is 189 g/mol. The van der Waals surface area contributed by atoms with E-state index in [2.05, 4.69) is 0 Å². The number of nitrogens with zero attached hydrogens (tertiary/aromatic N) is 1. The standard InChI is InChI=1S/C9H8FNO3/c1-5-3-9(11(13)14)8(10)4-7(5)6(2)12/h3-4H,1-2H3. The molecule has 5 heteroatoms. The van der Waals surface area contributed by atoms with Gasteiger partial charge in [-0.3, -0.25) is 14.9 Å². The van der Waals surface area contributed by atoms with Crippen LogP contribution in [0, 0.1) is 22.9 Å². The Morgan fingerprint density at radius 2 is 2.07 bits per heavy atom. The number of ketones is 1. The number of hydrogen-bond acceptors (Lipinski definition) is 3. The first kappa shape index (κ1) is 10.3. The summed E-state index contributed by atoms with van der Waals surface area (Å²) in [7, 11) is 0. The monoisotopic (exact) mass is 197 g/mol. The molecule has 14 heavy (non-hydrogen) atoms. The van der Waals surface area contributed by atoms with Crippen LogP contribution in [-0.2, 0) is 0 Å². The average molecular weight is 197 g/mol. The van der Waals surface area contributed by atoms with Gasteiger partial charge in [-0.2, -0.15) is 4.39 Å². The molecule has 0 N–H and O–H groups in total. The fourth-order valence-corrected chi connectivity index (χ4v) is 1.19. The smallest absolute Gasteiger partial charge is 0.294 e. The molecule has 0 saturated heterocycles. The zero-order chi connectivity index (χ0) is 10.9. The van der Waals surface area contributed by atoms with Crippen molar-refractivity contribution in [2.24, 2.45) is 0 Å². The minimum Gasteiger partial charge on any atom is -0.294 e. The molecule has 0 spiro atoms. The summed E-state index contributed by atoms with van der Waals surface area (Å²) in [5, 5.41) is 10.3. The Hall–Kier alpha value is -1.78. The Labute approximate surface area is 79.5 Å². The van der Waals surface area contributed by atoms with E-state index in [-0.39, 0.29) is 11.3 Å². The third kappa shape index (κ3) is 1.76. The molecule has 0 unspecified atom stereocenters. The minimum absolute atomic E-state index is 0.174. The number of carbonyl (C=O) groups is 1. The zero-order valence-corrected chi connectivity index (χ0v) is 7.70. The summed E-state index contributed by atoms with van der Waals surface area (Å²) < 4.78 is 13.0. The molecule has 0 aromatic heterocycles. The van der Waals surface area contributed by atoms with E-state index in [0.29, 0.717) is 5.56 Å². The lowest BCUT2D eigenvalue weighted by Gasteiger charge is -2.01. The molecule has 0 heterocycles. The van der Waals surface area contributed by atoms with Crippen LogP contribution in [-0.4, -0.2) is 10.7 Å². The molecule has 0 saturated carbocycles. The fraction of sp³-hybridized carbons (Fsp3) is 0.222. The van der Waals surface area contributed by atoms with Crippen molar-refractivity contribution >= 4 is 11.5 Å².